The van der Waals surface area contributed by atoms with Crippen molar-refractivity contribution in [2.45, 2.75) is 58.7 Å². The Bertz CT molecular complexity index is 469. The van der Waals surface area contributed by atoms with Crippen molar-refractivity contribution in [1.29, 1.82) is 0 Å². The van der Waals surface area contributed by atoms with Gasteiger partial charge < -0.3 is 15.4 Å². The van der Waals surface area contributed by atoms with Crippen LogP contribution in [0.3, 0.4) is 0 Å². The molecule has 0 heterocycles. The molecule has 0 saturated carbocycles. The third-order valence-electron chi connectivity index (χ3n) is 3.12. The first-order valence-corrected chi connectivity index (χ1v) is 8.07. The number of hydrogen-bond donors (Lipinski definition) is 2. The van der Waals surface area contributed by atoms with E-state index in [1.807, 2.05) is 52.0 Å². The van der Waals surface area contributed by atoms with E-state index in [2.05, 4.69) is 17.6 Å². The second-order valence-corrected chi connectivity index (χ2v) is 6.90. The van der Waals surface area contributed by atoms with E-state index in [0.717, 1.165) is 11.4 Å². The molecule has 0 aromatic heterocycles. The molecule has 124 valence electrons. The molecular weight excluding hydrogens is 300 g/mol. The fraction of sp³-hybridized carbons (Fsp3) is 0.588. The average molecular weight is 327 g/mol. The van der Waals surface area contributed by atoms with Crippen LogP contribution in [-0.4, -0.2) is 24.3 Å². The Morgan fingerprint density at radius 3 is 2.36 bits per heavy atom. The van der Waals surface area contributed by atoms with Gasteiger partial charge in [-0.25, -0.2) is 4.79 Å². The zero-order valence-electron chi connectivity index (χ0n) is 14.1. The topological polar surface area (TPSA) is 50.4 Å². The fourth-order valence-corrected chi connectivity index (χ4v) is 2.22. The monoisotopic (exact) mass is 326 g/mol. The van der Waals surface area contributed by atoms with Gasteiger partial charge in [0.15, 0.2) is 0 Å². The van der Waals surface area contributed by atoms with Gasteiger partial charge in [0.25, 0.3) is 0 Å². The maximum absolute atomic E-state index is 11.7. The number of rotatable bonds is 6. The van der Waals surface area contributed by atoms with Gasteiger partial charge in [0.05, 0.1) is 0 Å². The summed E-state index contributed by atoms with van der Waals surface area (Å²) in [6.07, 6.45) is 0.569. The first-order chi connectivity index (χ1) is 10.2. The minimum Gasteiger partial charge on any atom is -0.444 e. The molecule has 22 heavy (non-hydrogen) atoms. The number of alkyl carbamates (subject to hydrolysis) is 1. The lowest BCUT2D eigenvalue weighted by molar-refractivity contribution is 0.0522. The summed E-state index contributed by atoms with van der Waals surface area (Å²) in [6.45, 7) is 10.2. The summed E-state index contributed by atoms with van der Waals surface area (Å²) < 4.78 is 5.22. The summed E-state index contributed by atoms with van der Waals surface area (Å²) in [7, 11) is 0. The summed E-state index contributed by atoms with van der Waals surface area (Å²) in [6, 6.07) is 8.20. The van der Waals surface area contributed by atoms with Gasteiger partial charge in [-0.05, 0) is 51.8 Å². The number of hydrogen-bond acceptors (Lipinski definition) is 3. The Balaban J connectivity index is 2.47. The van der Waals surface area contributed by atoms with Crippen molar-refractivity contribution in [3.63, 3.8) is 0 Å². The van der Waals surface area contributed by atoms with Gasteiger partial charge in [-0.1, -0.05) is 30.7 Å². The van der Waals surface area contributed by atoms with Crippen molar-refractivity contribution < 1.29 is 9.53 Å². The lowest BCUT2D eigenvalue weighted by atomic mass is 10.0. The molecule has 0 bridgehead atoms. The van der Waals surface area contributed by atoms with Crippen LogP contribution in [-0.2, 0) is 4.74 Å². The minimum atomic E-state index is -0.476. The molecule has 2 N–H and O–H groups in total. The smallest absolute Gasteiger partial charge is 0.407 e. The SMILES string of the molecule is CCC(NC(C)CNC(=O)OC(C)(C)C)c1ccc(Cl)cc1. The van der Waals surface area contributed by atoms with E-state index >= 15 is 0 Å². The largest absolute Gasteiger partial charge is 0.444 e. The summed E-state index contributed by atoms with van der Waals surface area (Å²) in [5.41, 5.74) is 0.715. The molecule has 1 rings (SSSR count). The molecule has 0 fully saturated rings. The van der Waals surface area contributed by atoms with E-state index in [4.69, 9.17) is 16.3 Å². The standard InChI is InChI=1S/C17H27ClN2O2/c1-6-15(13-7-9-14(18)10-8-13)20-12(2)11-19-16(21)22-17(3,4)5/h7-10,12,15,20H,6,11H2,1-5H3,(H,19,21). The van der Waals surface area contributed by atoms with Crippen molar-refractivity contribution in [3.8, 4) is 0 Å². The molecule has 1 aromatic carbocycles. The van der Waals surface area contributed by atoms with Crippen molar-refractivity contribution in [3.05, 3.63) is 34.9 Å². The van der Waals surface area contributed by atoms with Crippen LogP contribution in [0, 0.1) is 0 Å². The van der Waals surface area contributed by atoms with E-state index in [1.165, 1.54) is 5.56 Å². The van der Waals surface area contributed by atoms with Gasteiger partial charge in [0, 0.05) is 23.7 Å². The van der Waals surface area contributed by atoms with Crippen LogP contribution in [0.4, 0.5) is 4.79 Å². The average Bonchev–Trinajstić information content (AvgIpc) is 2.42. The molecule has 2 unspecified atom stereocenters. The molecule has 2 atom stereocenters. The molecule has 0 saturated heterocycles. The molecule has 0 aliphatic rings. The summed E-state index contributed by atoms with van der Waals surface area (Å²) >= 11 is 5.92. The molecule has 4 nitrogen and oxygen atoms in total. The number of halogens is 1. The Labute approximate surface area is 138 Å². The number of carbonyl (C=O) groups excluding carboxylic acids is 1. The van der Waals surface area contributed by atoms with Crippen LogP contribution in [0.1, 0.15) is 52.6 Å². The van der Waals surface area contributed by atoms with Crippen molar-refractivity contribution in [2.75, 3.05) is 6.54 Å². The van der Waals surface area contributed by atoms with Gasteiger partial charge >= 0.3 is 6.09 Å². The Morgan fingerprint density at radius 2 is 1.86 bits per heavy atom. The number of amides is 1. The Kier molecular flexibility index (Phi) is 7.17. The van der Waals surface area contributed by atoms with Crippen molar-refractivity contribution in [1.82, 2.24) is 10.6 Å². The van der Waals surface area contributed by atoms with Crippen molar-refractivity contribution >= 4 is 17.7 Å². The number of carbonyl (C=O) groups is 1. The van der Waals surface area contributed by atoms with Gasteiger partial charge in [0.1, 0.15) is 5.60 Å². The van der Waals surface area contributed by atoms with E-state index in [-0.39, 0.29) is 18.2 Å². The molecular formula is C17H27ClN2O2. The highest BCUT2D eigenvalue weighted by Crippen LogP contribution is 2.19. The molecule has 0 radical (unpaired) electrons. The molecule has 5 heteroatoms. The van der Waals surface area contributed by atoms with Gasteiger partial charge in [-0.3, -0.25) is 0 Å². The highest BCUT2D eigenvalue weighted by molar-refractivity contribution is 6.30. The van der Waals surface area contributed by atoms with Crippen molar-refractivity contribution in [2.24, 2.45) is 0 Å². The number of nitrogens with one attached hydrogen (secondary N) is 2. The first kappa shape index (κ1) is 18.8. The number of ether oxygens (including phenoxy) is 1. The first-order valence-electron chi connectivity index (χ1n) is 7.69. The van der Waals surface area contributed by atoms with E-state index in [9.17, 15) is 4.79 Å². The molecule has 0 spiro atoms. The number of benzene rings is 1. The van der Waals surface area contributed by atoms with E-state index < -0.39 is 5.60 Å². The van der Waals surface area contributed by atoms with E-state index in [0.29, 0.717) is 6.54 Å². The molecule has 1 amide bonds. The lowest BCUT2D eigenvalue weighted by Gasteiger charge is -2.24. The minimum absolute atomic E-state index is 0.133. The molecule has 0 aliphatic heterocycles. The predicted molar refractivity (Wildman–Crippen MR) is 91.3 cm³/mol. The maximum Gasteiger partial charge on any atom is 0.407 e. The Hall–Kier alpha value is -1.26. The van der Waals surface area contributed by atoms with Gasteiger partial charge in [-0.15, -0.1) is 0 Å². The zero-order chi connectivity index (χ0) is 16.8. The van der Waals surface area contributed by atoms with E-state index in [1.54, 1.807) is 0 Å². The van der Waals surface area contributed by atoms with Gasteiger partial charge in [0.2, 0.25) is 0 Å². The highest BCUT2D eigenvalue weighted by atomic mass is 35.5. The van der Waals surface area contributed by atoms with Crippen LogP contribution in [0.15, 0.2) is 24.3 Å². The second-order valence-electron chi connectivity index (χ2n) is 6.46. The lowest BCUT2D eigenvalue weighted by Crippen LogP contribution is -2.42. The summed E-state index contributed by atoms with van der Waals surface area (Å²) in [4.78, 5) is 11.7. The molecule has 1 aromatic rings. The summed E-state index contributed by atoms with van der Waals surface area (Å²) in [5.74, 6) is 0. The third-order valence-corrected chi connectivity index (χ3v) is 3.37. The van der Waals surface area contributed by atoms with Crippen LogP contribution >= 0.6 is 11.6 Å². The molecule has 0 aliphatic carbocycles. The van der Waals surface area contributed by atoms with Crippen LogP contribution in [0.5, 0.6) is 0 Å². The Morgan fingerprint density at radius 1 is 1.27 bits per heavy atom. The van der Waals surface area contributed by atoms with Gasteiger partial charge in [-0.2, -0.15) is 0 Å². The predicted octanol–water partition coefficient (Wildman–Crippen LogP) is 4.29. The quantitative estimate of drug-likeness (QED) is 0.819. The fourth-order valence-electron chi connectivity index (χ4n) is 2.10. The third kappa shape index (κ3) is 7.14. The van der Waals surface area contributed by atoms with Crippen LogP contribution in [0.2, 0.25) is 5.02 Å². The highest BCUT2D eigenvalue weighted by Gasteiger charge is 2.17. The van der Waals surface area contributed by atoms with Crippen LogP contribution in [0.25, 0.3) is 0 Å². The maximum atomic E-state index is 11.7. The summed E-state index contributed by atoms with van der Waals surface area (Å²) in [5, 5.41) is 7.03. The normalized spacial score (nSPS) is 14.3. The zero-order valence-corrected chi connectivity index (χ0v) is 14.8. The second kappa shape index (κ2) is 8.39. The van der Waals surface area contributed by atoms with Crippen LogP contribution < -0.4 is 10.6 Å².